The highest BCUT2D eigenvalue weighted by atomic mass is 79.9. The van der Waals surface area contributed by atoms with Crippen LogP contribution in [0.1, 0.15) is 17.5 Å². The quantitative estimate of drug-likeness (QED) is 0.623. The van der Waals surface area contributed by atoms with E-state index >= 15 is 0 Å². The van der Waals surface area contributed by atoms with Gasteiger partial charge in [0.25, 0.3) is 0 Å². The van der Waals surface area contributed by atoms with E-state index in [1.807, 2.05) is 6.07 Å². The minimum Gasteiger partial charge on any atom is -0.490 e. The Balaban J connectivity index is 1.82. The second kappa shape index (κ2) is 6.53. The summed E-state index contributed by atoms with van der Waals surface area (Å²) in [5, 5.41) is 1.84. The molecule has 0 fully saturated rings. The molecule has 0 bridgehead atoms. The van der Waals surface area contributed by atoms with Crippen LogP contribution < -0.4 is 4.74 Å². The molecule has 0 aromatic heterocycles. The average Bonchev–Trinajstić information content (AvgIpc) is 2.96. The molecule has 0 saturated carbocycles. The predicted octanol–water partition coefficient (Wildman–Crippen LogP) is 5.11. The van der Waals surface area contributed by atoms with Crippen LogP contribution in [0.2, 0.25) is 0 Å². The lowest BCUT2D eigenvalue weighted by atomic mass is 9.79. The SMILES string of the molecule is BrCC(CBr)(CC1Cc2ccccc2O1)c1ccccc1. The van der Waals surface area contributed by atoms with Gasteiger partial charge in [0.2, 0.25) is 0 Å². The Hall–Kier alpha value is -0.800. The summed E-state index contributed by atoms with van der Waals surface area (Å²) in [6.45, 7) is 0. The molecule has 21 heavy (non-hydrogen) atoms. The zero-order valence-corrected chi connectivity index (χ0v) is 14.9. The van der Waals surface area contributed by atoms with Crippen LogP contribution >= 0.6 is 31.9 Å². The van der Waals surface area contributed by atoms with Gasteiger partial charge in [0.1, 0.15) is 11.9 Å². The number of para-hydroxylation sites is 1. The second-order valence-corrected chi connectivity index (χ2v) is 6.79. The Labute approximate surface area is 143 Å². The summed E-state index contributed by atoms with van der Waals surface area (Å²) in [6.07, 6.45) is 2.25. The number of hydrogen-bond acceptors (Lipinski definition) is 1. The Morgan fingerprint density at radius 3 is 2.29 bits per heavy atom. The molecule has 1 aliphatic rings. The van der Waals surface area contributed by atoms with Crippen molar-refractivity contribution in [2.24, 2.45) is 0 Å². The Morgan fingerprint density at radius 2 is 1.62 bits per heavy atom. The highest BCUT2D eigenvalue weighted by Gasteiger charge is 2.36. The minimum atomic E-state index is 0.0635. The zero-order valence-electron chi connectivity index (χ0n) is 11.8. The third kappa shape index (κ3) is 3.04. The first-order valence-electron chi connectivity index (χ1n) is 7.19. The molecule has 0 aliphatic carbocycles. The van der Waals surface area contributed by atoms with Gasteiger partial charge < -0.3 is 4.74 Å². The Bertz CT molecular complexity index is 568. The van der Waals surface area contributed by atoms with E-state index in [4.69, 9.17) is 4.74 Å². The first kappa shape index (κ1) is 15.1. The second-order valence-electron chi connectivity index (χ2n) is 5.67. The van der Waals surface area contributed by atoms with E-state index in [0.717, 1.165) is 29.3 Å². The first-order chi connectivity index (χ1) is 10.3. The van der Waals surface area contributed by atoms with Crippen LogP contribution in [-0.2, 0) is 11.8 Å². The van der Waals surface area contributed by atoms with Crippen LogP contribution in [0.25, 0.3) is 0 Å². The highest BCUT2D eigenvalue weighted by Crippen LogP contribution is 2.38. The summed E-state index contributed by atoms with van der Waals surface area (Å²) in [5.74, 6) is 1.05. The normalized spacial score (nSPS) is 17.3. The minimum absolute atomic E-state index is 0.0635. The molecule has 3 heteroatoms. The van der Waals surface area contributed by atoms with Crippen LogP contribution in [0.5, 0.6) is 5.75 Å². The zero-order chi connectivity index (χ0) is 14.7. The number of fused-ring (bicyclic) bond motifs is 1. The fourth-order valence-electron chi connectivity index (χ4n) is 3.01. The summed E-state index contributed by atoms with van der Waals surface area (Å²) in [5.41, 5.74) is 2.75. The topological polar surface area (TPSA) is 9.23 Å². The molecule has 1 nitrogen and oxygen atoms in total. The molecule has 0 N–H and O–H groups in total. The lowest BCUT2D eigenvalue weighted by Crippen LogP contribution is -2.36. The number of rotatable bonds is 5. The number of alkyl halides is 2. The Kier molecular flexibility index (Phi) is 4.70. The summed E-state index contributed by atoms with van der Waals surface area (Å²) in [6, 6.07) is 19.1. The maximum Gasteiger partial charge on any atom is 0.123 e. The number of hydrogen-bond donors (Lipinski definition) is 0. The standard InChI is InChI=1S/C18H18Br2O/c19-12-18(13-20,15-7-2-1-3-8-15)11-16-10-14-6-4-5-9-17(14)21-16/h1-9,16H,10-13H2. The number of ether oxygens (including phenoxy) is 1. The van der Waals surface area contributed by atoms with Crippen molar-refractivity contribution in [3.05, 3.63) is 65.7 Å². The predicted molar refractivity (Wildman–Crippen MR) is 94.9 cm³/mol. The molecular weight excluding hydrogens is 392 g/mol. The molecular formula is C18H18Br2O. The molecule has 0 radical (unpaired) electrons. The lowest BCUT2D eigenvalue weighted by molar-refractivity contribution is 0.192. The maximum absolute atomic E-state index is 6.15. The molecule has 0 saturated heterocycles. The largest absolute Gasteiger partial charge is 0.490 e. The van der Waals surface area contributed by atoms with Crippen molar-refractivity contribution in [2.45, 2.75) is 24.4 Å². The van der Waals surface area contributed by atoms with Crippen LogP contribution in [0, 0.1) is 0 Å². The van der Waals surface area contributed by atoms with E-state index in [0.29, 0.717) is 0 Å². The number of halogens is 2. The molecule has 1 aliphatic heterocycles. The van der Waals surface area contributed by atoms with Crippen LogP contribution in [-0.4, -0.2) is 16.8 Å². The monoisotopic (exact) mass is 408 g/mol. The van der Waals surface area contributed by atoms with E-state index in [9.17, 15) is 0 Å². The van der Waals surface area contributed by atoms with Crippen LogP contribution in [0.3, 0.4) is 0 Å². The van der Waals surface area contributed by atoms with E-state index in [-0.39, 0.29) is 11.5 Å². The van der Waals surface area contributed by atoms with Crippen molar-refractivity contribution in [2.75, 3.05) is 10.7 Å². The average molecular weight is 410 g/mol. The molecule has 1 atom stereocenters. The molecule has 1 heterocycles. The summed E-state index contributed by atoms with van der Waals surface area (Å²) >= 11 is 7.45. The summed E-state index contributed by atoms with van der Waals surface area (Å²) in [4.78, 5) is 0. The summed E-state index contributed by atoms with van der Waals surface area (Å²) < 4.78 is 6.15. The van der Waals surface area contributed by atoms with Crippen molar-refractivity contribution < 1.29 is 4.74 Å². The van der Waals surface area contributed by atoms with Gasteiger partial charge in [0, 0.05) is 22.5 Å². The van der Waals surface area contributed by atoms with Gasteiger partial charge in [-0.05, 0) is 23.6 Å². The third-order valence-corrected chi connectivity index (χ3v) is 6.38. The fourth-order valence-corrected chi connectivity index (χ4v) is 5.05. The van der Waals surface area contributed by atoms with E-state index in [1.165, 1.54) is 11.1 Å². The molecule has 0 spiro atoms. The van der Waals surface area contributed by atoms with E-state index in [2.05, 4.69) is 80.4 Å². The van der Waals surface area contributed by atoms with Gasteiger partial charge in [-0.2, -0.15) is 0 Å². The van der Waals surface area contributed by atoms with Crippen molar-refractivity contribution in [1.29, 1.82) is 0 Å². The van der Waals surface area contributed by atoms with E-state index < -0.39 is 0 Å². The third-order valence-electron chi connectivity index (χ3n) is 4.23. The molecule has 0 amide bonds. The summed E-state index contributed by atoms with van der Waals surface area (Å²) in [7, 11) is 0. The first-order valence-corrected chi connectivity index (χ1v) is 9.44. The van der Waals surface area contributed by atoms with Gasteiger partial charge in [0.15, 0.2) is 0 Å². The smallest absolute Gasteiger partial charge is 0.123 e. The fraction of sp³-hybridized carbons (Fsp3) is 0.333. The van der Waals surface area contributed by atoms with Crippen molar-refractivity contribution in [1.82, 2.24) is 0 Å². The maximum atomic E-state index is 6.15. The van der Waals surface area contributed by atoms with Crippen molar-refractivity contribution >= 4 is 31.9 Å². The highest BCUT2D eigenvalue weighted by molar-refractivity contribution is 9.09. The van der Waals surface area contributed by atoms with E-state index in [1.54, 1.807) is 0 Å². The van der Waals surface area contributed by atoms with Crippen LogP contribution in [0.15, 0.2) is 54.6 Å². The molecule has 2 aromatic carbocycles. The number of benzene rings is 2. The van der Waals surface area contributed by atoms with Gasteiger partial charge in [-0.25, -0.2) is 0 Å². The molecule has 2 aromatic rings. The molecule has 110 valence electrons. The lowest BCUT2D eigenvalue weighted by Gasteiger charge is -2.33. The molecule has 1 unspecified atom stereocenters. The van der Waals surface area contributed by atoms with Gasteiger partial charge >= 0.3 is 0 Å². The van der Waals surface area contributed by atoms with Gasteiger partial charge in [0.05, 0.1) is 0 Å². The Morgan fingerprint density at radius 1 is 0.952 bits per heavy atom. The van der Waals surface area contributed by atoms with Crippen LogP contribution in [0.4, 0.5) is 0 Å². The van der Waals surface area contributed by atoms with Crippen molar-refractivity contribution in [3.63, 3.8) is 0 Å². The van der Waals surface area contributed by atoms with Gasteiger partial charge in [-0.15, -0.1) is 0 Å². The van der Waals surface area contributed by atoms with Gasteiger partial charge in [-0.3, -0.25) is 0 Å². The van der Waals surface area contributed by atoms with Gasteiger partial charge in [-0.1, -0.05) is 80.4 Å². The van der Waals surface area contributed by atoms with Crippen molar-refractivity contribution in [3.8, 4) is 5.75 Å². The molecule has 3 rings (SSSR count).